The van der Waals surface area contributed by atoms with Crippen LogP contribution in [0.2, 0.25) is 0 Å². The van der Waals surface area contributed by atoms with Crippen molar-refractivity contribution in [3.05, 3.63) is 29.1 Å². The largest absolute Gasteiger partial charge is 0.478 e. The Bertz CT molecular complexity index is 723. The maximum Gasteiger partial charge on any atom is 0.337 e. The number of rotatable bonds is 6. The summed E-state index contributed by atoms with van der Waals surface area (Å²) in [5, 5.41) is 11.6. The Labute approximate surface area is 128 Å². The maximum absolute atomic E-state index is 12.0. The predicted octanol–water partition coefficient (Wildman–Crippen LogP) is 0.643. The van der Waals surface area contributed by atoms with Crippen LogP contribution in [0.1, 0.15) is 39.4 Å². The highest BCUT2D eigenvalue weighted by Gasteiger charge is 2.45. The van der Waals surface area contributed by atoms with Gasteiger partial charge < -0.3 is 10.4 Å². The van der Waals surface area contributed by atoms with Crippen LogP contribution in [0, 0.1) is 12.3 Å². The fourth-order valence-electron chi connectivity index (χ4n) is 2.38. The van der Waals surface area contributed by atoms with E-state index in [4.69, 9.17) is 5.11 Å². The van der Waals surface area contributed by atoms with Crippen molar-refractivity contribution in [1.29, 1.82) is 0 Å². The molecule has 1 saturated carbocycles. The summed E-state index contributed by atoms with van der Waals surface area (Å²) in [6.45, 7) is 1.80. The van der Waals surface area contributed by atoms with E-state index in [1.807, 2.05) is 0 Å². The molecular weight excluding hydrogens is 308 g/mol. The minimum atomic E-state index is -3.09. The van der Waals surface area contributed by atoms with Crippen LogP contribution in [0.15, 0.2) is 12.1 Å². The molecule has 22 heavy (non-hydrogen) atoms. The highest BCUT2D eigenvalue weighted by Crippen LogP contribution is 2.46. The third-order valence-corrected chi connectivity index (χ3v) is 4.84. The normalized spacial score (nSPS) is 16.1. The first-order valence-electron chi connectivity index (χ1n) is 6.79. The molecule has 0 saturated heterocycles. The molecule has 8 heteroatoms. The Morgan fingerprint density at radius 1 is 1.36 bits per heavy atom. The van der Waals surface area contributed by atoms with Gasteiger partial charge in [-0.2, -0.15) is 0 Å². The summed E-state index contributed by atoms with van der Waals surface area (Å²) in [6.07, 6.45) is 2.72. The minimum absolute atomic E-state index is 0.0484. The summed E-state index contributed by atoms with van der Waals surface area (Å²) < 4.78 is 22.7. The Balaban J connectivity index is 2.01. The molecule has 1 fully saturated rings. The van der Waals surface area contributed by atoms with E-state index in [0.717, 1.165) is 12.8 Å². The smallest absolute Gasteiger partial charge is 0.337 e. The van der Waals surface area contributed by atoms with Crippen LogP contribution in [-0.2, 0) is 9.84 Å². The van der Waals surface area contributed by atoms with Crippen LogP contribution in [0.4, 0.5) is 0 Å². The average molecular weight is 326 g/mol. The number of carbonyl (C=O) groups is 2. The molecule has 0 aromatic carbocycles. The lowest BCUT2D eigenvalue weighted by Gasteiger charge is -2.14. The molecule has 0 spiro atoms. The van der Waals surface area contributed by atoms with Gasteiger partial charge in [0.1, 0.15) is 15.5 Å². The quantitative estimate of drug-likeness (QED) is 0.793. The van der Waals surface area contributed by atoms with Crippen molar-refractivity contribution in [1.82, 2.24) is 10.3 Å². The Hall–Kier alpha value is -1.96. The Kier molecular flexibility index (Phi) is 4.23. The van der Waals surface area contributed by atoms with Gasteiger partial charge in [-0.05, 0) is 31.9 Å². The molecule has 2 N–H and O–H groups in total. The predicted molar refractivity (Wildman–Crippen MR) is 79.6 cm³/mol. The van der Waals surface area contributed by atoms with Gasteiger partial charge in [-0.3, -0.25) is 4.79 Å². The number of hydrogen-bond donors (Lipinski definition) is 2. The standard InChI is InChI=1S/C14H18N2O5S/c1-9-10(13(18)19)3-4-11(16-9)12(17)15-7-14(5-6-14)8-22(2,20)21/h3-4H,5-8H2,1-2H3,(H,15,17)(H,18,19). The summed E-state index contributed by atoms with van der Waals surface area (Å²) >= 11 is 0. The summed E-state index contributed by atoms with van der Waals surface area (Å²) in [7, 11) is -3.09. The number of hydrogen-bond acceptors (Lipinski definition) is 5. The second-order valence-corrected chi connectivity index (χ2v) is 8.03. The molecule has 2 rings (SSSR count). The zero-order valence-electron chi connectivity index (χ0n) is 12.4. The van der Waals surface area contributed by atoms with E-state index in [9.17, 15) is 18.0 Å². The molecule has 120 valence electrons. The van der Waals surface area contributed by atoms with Crippen LogP contribution < -0.4 is 5.32 Å². The van der Waals surface area contributed by atoms with Crippen molar-refractivity contribution >= 4 is 21.7 Å². The van der Waals surface area contributed by atoms with E-state index in [0.29, 0.717) is 0 Å². The lowest BCUT2D eigenvalue weighted by molar-refractivity contribution is 0.0694. The van der Waals surface area contributed by atoms with E-state index >= 15 is 0 Å². The van der Waals surface area contributed by atoms with Gasteiger partial charge in [0, 0.05) is 18.2 Å². The average Bonchev–Trinajstić information content (AvgIpc) is 3.13. The molecule has 1 aromatic heterocycles. The molecule has 0 aliphatic heterocycles. The number of carboxylic acids is 1. The van der Waals surface area contributed by atoms with Gasteiger partial charge in [0.05, 0.1) is 17.0 Å². The number of carbonyl (C=O) groups excluding carboxylic acids is 1. The maximum atomic E-state index is 12.0. The number of aromatic nitrogens is 1. The number of nitrogens with one attached hydrogen (secondary N) is 1. The number of pyridine rings is 1. The lowest BCUT2D eigenvalue weighted by atomic mass is 10.1. The van der Waals surface area contributed by atoms with Crippen molar-refractivity contribution in [2.45, 2.75) is 19.8 Å². The molecule has 1 amide bonds. The van der Waals surface area contributed by atoms with Crippen LogP contribution >= 0.6 is 0 Å². The van der Waals surface area contributed by atoms with E-state index in [1.165, 1.54) is 25.3 Å². The first-order valence-corrected chi connectivity index (χ1v) is 8.85. The van der Waals surface area contributed by atoms with E-state index in [-0.39, 0.29) is 34.7 Å². The fraction of sp³-hybridized carbons (Fsp3) is 0.500. The topological polar surface area (TPSA) is 113 Å². The van der Waals surface area contributed by atoms with Crippen molar-refractivity contribution in [2.75, 3.05) is 18.6 Å². The van der Waals surface area contributed by atoms with Gasteiger partial charge in [0.2, 0.25) is 0 Å². The van der Waals surface area contributed by atoms with Gasteiger partial charge in [0.25, 0.3) is 5.91 Å². The first kappa shape index (κ1) is 16.4. The van der Waals surface area contributed by atoms with E-state index in [2.05, 4.69) is 10.3 Å². The first-order chi connectivity index (χ1) is 10.1. The second-order valence-electron chi connectivity index (χ2n) is 5.89. The van der Waals surface area contributed by atoms with E-state index in [1.54, 1.807) is 0 Å². The SMILES string of the molecule is Cc1nc(C(=O)NCC2(CS(C)(=O)=O)CC2)ccc1C(=O)O. The molecule has 1 heterocycles. The lowest BCUT2D eigenvalue weighted by Crippen LogP contribution is -2.34. The number of sulfone groups is 1. The molecular formula is C14H18N2O5S. The van der Waals surface area contributed by atoms with E-state index < -0.39 is 21.7 Å². The monoisotopic (exact) mass is 326 g/mol. The number of aryl methyl sites for hydroxylation is 1. The number of amides is 1. The molecule has 0 unspecified atom stereocenters. The molecule has 7 nitrogen and oxygen atoms in total. The number of carboxylic acid groups (broad SMARTS) is 1. The third kappa shape index (κ3) is 4.03. The van der Waals surface area contributed by atoms with Crippen LogP contribution in [0.5, 0.6) is 0 Å². The number of nitrogens with zero attached hydrogens (tertiary/aromatic N) is 1. The summed E-state index contributed by atoms with van der Waals surface area (Å²) in [6, 6.07) is 2.69. The fourth-order valence-corrected chi connectivity index (χ4v) is 3.88. The summed E-state index contributed by atoms with van der Waals surface area (Å²) in [5.41, 5.74) is 0.0709. The molecule has 0 radical (unpaired) electrons. The second kappa shape index (κ2) is 5.68. The van der Waals surface area contributed by atoms with Crippen LogP contribution in [0.25, 0.3) is 0 Å². The summed E-state index contributed by atoms with van der Waals surface area (Å²) in [5.74, 6) is -1.47. The highest BCUT2D eigenvalue weighted by atomic mass is 32.2. The zero-order valence-corrected chi connectivity index (χ0v) is 13.2. The Morgan fingerprint density at radius 3 is 2.45 bits per heavy atom. The van der Waals surface area contributed by atoms with Gasteiger partial charge in [0.15, 0.2) is 0 Å². The molecule has 0 atom stereocenters. The Morgan fingerprint density at radius 2 is 2.00 bits per heavy atom. The van der Waals surface area contributed by atoms with Crippen molar-refractivity contribution < 1.29 is 23.1 Å². The van der Waals surface area contributed by atoms with Crippen molar-refractivity contribution in [2.24, 2.45) is 5.41 Å². The highest BCUT2D eigenvalue weighted by molar-refractivity contribution is 7.90. The van der Waals surface area contributed by atoms with Gasteiger partial charge >= 0.3 is 5.97 Å². The minimum Gasteiger partial charge on any atom is -0.478 e. The number of aromatic carboxylic acids is 1. The zero-order chi connectivity index (χ0) is 16.5. The van der Waals surface area contributed by atoms with Crippen molar-refractivity contribution in [3.8, 4) is 0 Å². The van der Waals surface area contributed by atoms with Gasteiger partial charge in [-0.1, -0.05) is 0 Å². The van der Waals surface area contributed by atoms with Gasteiger partial charge in [-0.25, -0.2) is 18.2 Å². The third-order valence-electron chi connectivity index (χ3n) is 3.70. The van der Waals surface area contributed by atoms with Gasteiger partial charge in [-0.15, -0.1) is 0 Å². The molecule has 1 aliphatic carbocycles. The van der Waals surface area contributed by atoms with Crippen LogP contribution in [-0.4, -0.2) is 48.9 Å². The molecule has 1 aliphatic rings. The molecule has 0 bridgehead atoms. The molecule has 1 aromatic rings. The summed E-state index contributed by atoms with van der Waals surface area (Å²) in [4.78, 5) is 26.9. The van der Waals surface area contributed by atoms with Crippen LogP contribution in [0.3, 0.4) is 0 Å². The van der Waals surface area contributed by atoms with Crippen molar-refractivity contribution in [3.63, 3.8) is 0 Å².